The van der Waals surface area contributed by atoms with Crippen molar-refractivity contribution in [3.05, 3.63) is 70.0 Å². The van der Waals surface area contributed by atoms with Crippen LogP contribution in [0.1, 0.15) is 30.9 Å². The van der Waals surface area contributed by atoms with Crippen molar-refractivity contribution >= 4 is 5.95 Å². The lowest BCUT2D eigenvalue weighted by Gasteiger charge is -2.20. The summed E-state index contributed by atoms with van der Waals surface area (Å²) in [6, 6.07) is 8.47. The van der Waals surface area contributed by atoms with E-state index in [-0.39, 0.29) is 17.9 Å². The first-order chi connectivity index (χ1) is 13.5. The highest BCUT2D eigenvalue weighted by atomic mass is 19.1. The number of rotatable bonds is 4. The lowest BCUT2D eigenvalue weighted by atomic mass is 10.1. The maximum atomic E-state index is 14.1. The molecule has 0 aliphatic carbocycles. The molecule has 1 aliphatic rings. The summed E-state index contributed by atoms with van der Waals surface area (Å²) in [7, 11) is 0. The fourth-order valence-electron chi connectivity index (χ4n) is 3.49. The minimum absolute atomic E-state index is 0.0724. The molecule has 3 heterocycles. The van der Waals surface area contributed by atoms with E-state index in [1.165, 1.54) is 16.8 Å². The van der Waals surface area contributed by atoms with Crippen LogP contribution in [0.15, 0.2) is 47.5 Å². The minimum atomic E-state index is -0.341. The van der Waals surface area contributed by atoms with Gasteiger partial charge < -0.3 is 4.90 Å². The fraction of sp³-hybridized carbons (Fsp3) is 0.333. The Morgan fingerprint density at radius 3 is 2.64 bits per heavy atom. The maximum Gasteiger partial charge on any atom is 0.267 e. The highest BCUT2D eigenvalue weighted by Gasteiger charge is 2.22. The van der Waals surface area contributed by atoms with E-state index in [0.29, 0.717) is 28.8 Å². The monoisotopic (exact) mass is 379 g/mol. The molecule has 0 amide bonds. The molecule has 28 heavy (non-hydrogen) atoms. The van der Waals surface area contributed by atoms with Gasteiger partial charge in [-0.2, -0.15) is 5.10 Å². The smallest absolute Gasteiger partial charge is 0.267 e. The summed E-state index contributed by atoms with van der Waals surface area (Å²) >= 11 is 0. The van der Waals surface area contributed by atoms with Gasteiger partial charge in [0.2, 0.25) is 5.95 Å². The molecule has 0 radical (unpaired) electrons. The van der Waals surface area contributed by atoms with Crippen LogP contribution in [0.3, 0.4) is 0 Å². The predicted molar refractivity (Wildman–Crippen MR) is 106 cm³/mol. The number of halogens is 1. The van der Waals surface area contributed by atoms with Crippen LogP contribution >= 0.6 is 0 Å². The number of hydrogen-bond donors (Lipinski definition) is 0. The van der Waals surface area contributed by atoms with Crippen molar-refractivity contribution in [3.63, 3.8) is 0 Å². The third-order valence-corrected chi connectivity index (χ3v) is 5.14. The van der Waals surface area contributed by atoms with Gasteiger partial charge in [0.25, 0.3) is 5.56 Å². The van der Waals surface area contributed by atoms with Crippen LogP contribution in [-0.4, -0.2) is 32.3 Å². The Morgan fingerprint density at radius 1 is 1.18 bits per heavy atom. The molecule has 0 N–H and O–H groups in total. The van der Waals surface area contributed by atoms with Gasteiger partial charge in [0.15, 0.2) is 0 Å². The number of nitrogens with zero attached hydrogens (tertiary/aromatic N) is 5. The molecule has 4 rings (SSSR count). The molecule has 1 atom stereocenters. The average molecular weight is 379 g/mol. The van der Waals surface area contributed by atoms with Crippen molar-refractivity contribution in [3.8, 4) is 11.3 Å². The zero-order valence-electron chi connectivity index (χ0n) is 16.0. The van der Waals surface area contributed by atoms with Crippen LogP contribution in [0.2, 0.25) is 0 Å². The minimum Gasteiger partial charge on any atom is -0.338 e. The molecule has 3 aromatic rings. The molecule has 7 heteroatoms. The van der Waals surface area contributed by atoms with Crippen molar-refractivity contribution in [1.29, 1.82) is 0 Å². The van der Waals surface area contributed by atoms with Crippen LogP contribution in [-0.2, 0) is 6.54 Å². The van der Waals surface area contributed by atoms with E-state index in [0.717, 1.165) is 24.9 Å². The van der Waals surface area contributed by atoms with Gasteiger partial charge in [0, 0.05) is 42.2 Å². The topological polar surface area (TPSA) is 63.9 Å². The summed E-state index contributed by atoms with van der Waals surface area (Å²) in [5, 5.41) is 4.39. The molecular formula is C21H22FN5O. The van der Waals surface area contributed by atoms with Gasteiger partial charge in [0.1, 0.15) is 5.82 Å². The average Bonchev–Trinajstić information content (AvgIpc) is 3.12. The standard InChI is InChI=1S/C21H22FN5O/c1-14-5-6-16(18(22)10-14)13-27-20(28)8-7-19(25-27)17-11-23-21(24-12-17)26-9-3-4-15(26)2/h5-8,10-12,15H,3-4,9,13H2,1-2H3. The summed E-state index contributed by atoms with van der Waals surface area (Å²) in [4.78, 5) is 23.3. The van der Waals surface area contributed by atoms with Crippen molar-refractivity contribution in [1.82, 2.24) is 19.7 Å². The fourth-order valence-corrected chi connectivity index (χ4v) is 3.49. The third kappa shape index (κ3) is 3.65. The summed E-state index contributed by atoms with van der Waals surface area (Å²) < 4.78 is 15.4. The molecule has 0 spiro atoms. The van der Waals surface area contributed by atoms with Gasteiger partial charge in [0.05, 0.1) is 12.2 Å². The van der Waals surface area contributed by atoms with Crippen molar-refractivity contribution < 1.29 is 4.39 Å². The van der Waals surface area contributed by atoms with Gasteiger partial charge in [-0.05, 0) is 44.4 Å². The Kier molecular flexibility index (Phi) is 4.90. The number of aromatic nitrogens is 4. The predicted octanol–water partition coefficient (Wildman–Crippen LogP) is 3.18. The van der Waals surface area contributed by atoms with E-state index in [1.54, 1.807) is 24.5 Å². The third-order valence-electron chi connectivity index (χ3n) is 5.14. The van der Waals surface area contributed by atoms with Crippen LogP contribution in [0.5, 0.6) is 0 Å². The van der Waals surface area contributed by atoms with Crippen LogP contribution in [0.25, 0.3) is 11.3 Å². The lowest BCUT2D eigenvalue weighted by Crippen LogP contribution is -2.28. The van der Waals surface area contributed by atoms with Crippen molar-refractivity contribution in [2.24, 2.45) is 0 Å². The SMILES string of the molecule is Cc1ccc(Cn2nc(-c3cnc(N4CCCC4C)nc3)ccc2=O)c(F)c1. The van der Waals surface area contributed by atoms with Gasteiger partial charge in [-0.1, -0.05) is 12.1 Å². The highest BCUT2D eigenvalue weighted by Crippen LogP contribution is 2.23. The van der Waals surface area contributed by atoms with E-state index in [2.05, 4.69) is 26.9 Å². The Bertz CT molecular complexity index is 1050. The van der Waals surface area contributed by atoms with Crippen LogP contribution in [0.4, 0.5) is 10.3 Å². The summed E-state index contributed by atoms with van der Waals surface area (Å²) in [5.41, 5.74) is 2.26. The van der Waals surface area contributed by atoms with Gasteiger partial charge in [-0.3, -0.25) is 4.79 Å². The van der Waals surface area contributed by atoms with Gasteiger partial charge in [-0.25, -0.2) is 19.0 Å². The first kappa shape index (κ1) is 18.3. The largest absolute Gasteiger partial charge is 0.338 e. The maximum absolute atomic E-state index is 14.1. The second-order valence-corrected chi connectivity index (χ2v) is 7.27. The molecular weight excluding hydrogens is 357 g/mol. The number of aryl methyl sites for hydroxylation is 1. The Morgan fingerprint density at radius 2 is 1.96 bits per heavy atom. The van der Waals surface area contributed by atoms with E-state index >= 15 is 0 Å². The normalized spacial score (nSPS) is 16.5. The molecule has 1 unspecified atom stereocenters. The van der Waals surface area contributed by atoms with E-state index in [9.17, 15) is 9.18 Å². The van der Waals surface area contributed by atoms with E-state index < -0.39 is 0 Å². The molecule has 2 aromatic heterocycles. The number of hydrogen-bond acceptors (Lipinski definition) is 5. The summed E-state index contributed by atoms with van der Waals surface area (Å²) in [6.07, 6.45) is 5.73. The summed E-state index contributed by atoms with van der Waals surface area (Å²) in [6.45, 7) is 5.03. The van der Waals surface area contributed by atoms with E-state index in [4.69, 9.17) is 0 Å². The van der Waals surface area contributed by atoms with Crippen molar-refractivity contribution in [2.45, 2.75) is 39.3 Å². The molecule has 1 aliphatic heterocycles. The molecule has 144 valence electrons. The highest BCUT2D eigenvalue weighted by molar-refractivity contribution is 5.56. The Hall–Kier alpha value is -3.09. The van der Waals surface area contributed by atoms with E-state index in [1.807, 2.05) is 13.0 Å². The zero-order chi connectivity index (χ0) is 19.7. The molecule has 6 nitrogen and oxygen atoms in total. The second kappa shape index (κ2) is 7.50. The number of anilines is 1. The first-order valence-corrected chi connectivity index (χ1v) is 9.43. The van der Waals surface area contributed by atoms with Gasteiger partial charge in [-0.15, -0.1) is 0 Å². The molecule has 1 saturated heterocycles. The second-order valence-electron chi connectivity index (χ2n) is 7.27. The summed E-state index contributed by atoms with van der Waals surface area (Å²) in [5.74, 6) is 0.371. The molecule has 0 bridgehead atoms. The quantitative estimate of drug-likeness (QED) is 0.697. The van der Waals surface area contributed by atoms with Crippen LogP contribution < -0.4 is 10.5 Å². The molecule has 1 fully saturated rings. The Balaban J connectivity index is 1.60. The van der Waals surface area contributed by atoms with Crippen molar-refractivity contribution in [2.75, 3.05) is 11.4 Å². The first-order valence-electron chi connectivity index (χ1n) is 9.43. The molecule has 1 aromatic carbocycles. The van der Waals surface area contributed by atoms with Crippen LogP contribution in [0, 0.1) is 12.7 Å². The molecule has 0 saturated carbocycles. The van der Waals surface area contributed by atoms with Gasteiger partial charge >= 0.3 is 0 Å². The lowest BCUT2D eigenvalue weighted by molar-refractivity contribution is 0.572. The zero-order valence-corrected chi connectivity index (χ0v) is 16.0. The number of benzene rings is 1. The Labute approximate surface area is 162 Å².